The van der Waals surface area contributed by atoms with Crippen molar-refractivity contribution in [3.8, 4) is 5.75 Å². The van der Waals surface area contributed by atoms with Gasteiger partial charge in [0.05, 0.1) is 7.11 Å². The first-order chi connectivity index (χ1) is 11.8. The third kappa shape index (κ3) is 6.45. The number of methoxy groups -OCH3 is 1. The van der Waals surface area contributed by atoms with Gasteiger partial charge in [-0.05, 0) is 31.0 Å². The van der Waals surface area contributed by atoms with Crippen molar-refractivity contribution in [2.45, 2.75) is 33.2 Å². The van der Waals surface area contributed by atoms with Crippen molar-refractivity contribution in [2.75, 3.05) is 20.2 Å². The summed E-state index contributed by atoms with van der Waals surface area (Å²) >= 11 is 0. The minimum Gasteiger partial charge on any atom is -0.497 e. The van der Waals surface area contributed by atoms with Gasteiger partial charge in [-0.3, -0.25) is 9.59 Å². The lowest BCUT2D eigenvalue weighted by atomic mass is 9.99. The fraction of sp³-hybridized carbons (Fsp3) is 0.500. The molecule has 0 heterocycles. The molecule has 1 aromatic carbocycles. The van der Waals surface area contributed by atoms with Crippen LogP contribution in [0.1, 0.15) is 26.3 Å². The van der Waals surface area contributed by atoms with E-state index in [1.54, 1.807) is 14.0 Å². The molecule has 0 aliphatic rings. The Balaban J connectivity index is 2.78. The molecule has 0 saturated heterocycles. The highest BCUT2D eigenvalue weighted by Gasteiger charge is 2.28. The number of benzene rings is 1. The Morgan fingerprint density at radius 3 is 2.28 bits per heavy atom. The van der Waals surface area contributed by atoms with E-state index in [1.165, 1.54) is 18.7 Å². The monoisotopic (exact) mass is 350 g/mol. The number of hydrogen-bond donors (Lipinski definition) is 2. The molecule has 0 fully saturated rings. The SMILES string of the molecule is COc1ccc(CC(C)C(=O)N(CCNC(C)=O)C(C)C(=O)O)cc1. The smallest absolute Gasteiger partial charge is 0.326 e. The number of ether oxygens (including phenoxy) is 1. The van der Waals surface area contributed by atoms with Crippen molar-refractivity contribution in [3.63, 3.8) is 0 Å². The lowest BCUT2D eigenvalue weighted by molar-refractivity contribution is -0.151. The van der Waals surface area contributed by atoms with Crippen molar-refractivity contribution in [1.29, 1.82) is 0 Å². The van der Waals surface area contributed by atoms with Crippen LogP contribution in [0.5, 0.6) is 5.75 Å². The number of carbonyl (C=O) groups excluding carboxylic acids is 2. The molecule has 2 N–H and O–H groups in total. The normalized spacial score (nSPS) is 12.8. The predicted octanol–water partition coefficient (Wildman–Crippen LogP) is 1.31. The maximum Gasteiger partial charge on any atom is 0.326 e. The largest absolute Gasteiger partial charge is 0.497 e. The van der Waals surface area contributed by atoms with Crippen molar-refractivity contribution >= 4 is 17.8 Å². The van der Waals surface area contributed by atoms with E-state index < -0.39 is 12.0 Å². The lowest BCUT2D eigenvalue weighted by Gasteiger charge is -2.29. The summed E-state index contributed by atoms with van der Waals surface area (Å²) in [6.07, 6.45) is 0.492. The Morgan fingerprint density at radius 1 is 1.20 bits per heavy atom. The minimum absolute atomic E-state index is 0.152. The van der Waals surface area contributed by atoms with Gasteiger partial charge in [0, 0.05) is 25.9 Å². The number of carbonyl (C=O) groups is 3. The Hall–Kier alpha value is -2.57. The number of carboxylic acids is 1. The van der Waals surface area contributed by atoms with Gasteiger partial charge in [0.15, 0.2) is 0 Å². The van der Waals surface area contributed by atoms with E-state index in [4.69, 9.17) is 4.74 Å². The molecular weight excluding hydrogens is 324 g/mol. The highest BCUT2D eigenvalue weighted by Crippen LogP contribution is 2.17. The van der Waals surface area contributed by atoms with Crippen LogP contribution in [0.15, 0.2) is 24.3 Å². The van der Waals surface area contributed by atoms with Crippen LogP contribution in [0.3, 0.4) is 0 Å². The molecule has 1 aromatic rings. The van der Waals surface area contributed by atoms with Crippen molar-refractivity contribution in [3.05, 3.63) is 29.8 Å². The summed E-state index contributed by atoms with van der Waals surface area (Å²) in [5.74, 6) is -1.20. The number of rotatable bonds is 9. The average molecular weight is 350 g/mol. The first kappa shape index (κ1) is 20.5. The molecule has 7 heteroatoms. The van der Waals surface area contributed by atoms with Gasteiger partial charge in [0.25, 0.3) is 0 Å². The molecule has 2 unspecified atom stereocenters. The van der Waals surface area contributed by atoms with E-state index in [0.717, 1.165) is 11.3 Å². The maximum absolute atomic E-state index is 12.7. The predicted molar refractivity (Wildman–Crippen MR) is 93.4 cm³/mol. The second kappa shape index (κ2) is 9.66. The number of nitrogens with zero attached hydrogens (tertiary/aromatic N) is 1. The summed E-state index contributed by atoms with van der Waals surface area (Å²) in [6.45, 7) is 4.98. The van der Waals surface area contributed by atoms with Gasteiger partial charge >= 0.3 is 5.97 Å². The summed E-state index contributed by atoms with van der Waals surface area (Å²) in [4.78, 5) is 36.3. The Bertz CT molecular complexity index is 600. The Morgan fingerprint density at radius 2 is 1.80 bits per heavy atom. The van der Waals surface area contributed by atoms with E-state index in [-0.39, 0.29) is 30.8 Å². The van der Waals surface area contributed by atoms with Gasteiger partial charge in [-0.1, -0.05) is 19.1 Å². The van der Waals surface area contributed by atoms with Crippen molar-refractivity contribution < 1.29 is 24.2 Å². The molecule has 25 heavy (non-hydrogen) atoms. The van der Waals surface area contributed by atoms with Gasteiger partial charge in [0.2, 0.25) is 11.8 Å². The van der Waals surface area contributed by atoms with E-state index in [2.05, 4.69) is 5.32 Å². The molecular formula is C18H26N2O5. The molecule has 138 valence electrons. The third-order valence-corrected chi connectivity index (χ3v) is 3.96. The van der Waals surface area contributed by atoms with Gasteiger partial charge in [-0.15, -0.1) is 0 Å². The summed E-state index contributed by atoms with van der Waals surface area (Å²) in [5, 5.41) is 11.8. The van der Waals surface area contributed by atoms with Crippen LogP contribution in [0.4, 0.5) is 0 Å². The van der Waals surface area contributed by atoms with Crippen LogP contribution in [0.25, 0.3) is 0 Å². The average Bonchev–Trinajstić information content (AvgIpc) is 2.57. The van der Waals surface area contributed by atoms with E-state index >= 15 is 0 Å². The highest BCUT2D eigenvalue weighted by atomic mass is 16.5. The second-order valence-corrected chi connectivity index (χ2v) is 5.98. The number of nitrogens with one attached hydrogen (secondary N) is 1. The van der Waals surface area contributed by atoms with Crippen LogP contribution in [-0.2, 0) is 20.8 Å². The number of carboxylic acid groups (broad SMARTS) is 1. The molecule has 0 aromatic heterocycles. The zero-order chi connectivity index (χ0) is 19.0. The van der Waals surface area contributed by atoms with E-state index in [9.17, 15) is 19.5 Å². The van der Waals surface area contributed by atoms with Crippen LogP contribution >= 0.6 is 0 Å². The molecule has 2 amide bonds. The molecule has 0 radical (unpaired) electrons. The number of hydrogen-bond acceptors (Lipinski definition) is 4. The quantitative estimate of drug-likeness (QED) is 0.700. The molecule has 0 bridgehead atoms. The van der Waals surface area contributed by atoms with Gasteiger partial charge in [-0.2, -0.15) is 0 Å². The maximum atomic E-state index is 12.7. The molecule has 0 saturated carbocycles. The molecule has 0 aliphatic carbocycles. The second-order valence-electron chi connectivity index (χ2n) is 5.98. The zero-order valence-electron chi connectivity index (χ0n) is 15.1. The van der Waals surface area contributed by atoms with Crippen LogP contribution in [0.2, 0.25) is 0 Å². The van der Waals surface area contributed by atoms with E-state index in [1.807, 2.05) is 24.3 Å². The molecule has 0 spiro atoms. The Labute approximate surface area is 148 Å². The lowest BCUT2D eigenvalue weighted by Crippen LogP contribution is -2.48. The molecule has 2 atom stereocenters. The van der Waals surface area contributed by atoms with Crippen LogP contribution in [-0.4, -0.2) is 54.0 Å². The van der Waals surface area contributed by atoms with Crippen molar-refractivity contribution in [1.82, 2.24) is 10.2 Å². The topological polar surface area (TPSA) is 95.9 Å². The number of amides is 2. The highest BCUT2D eigenvalue weighted by molar-refractivity contribution is 5.85. The summed E-state index contributed by atoms with van der Waals surface area (Å²) in [5.41, 5.74) is 0.964. The van der Waals surface area contributed by atoms with Gasteiger partial charge in [-0.25, -0.2) is 4.79 Å². The van der Waals surface area contributed by atoms with Gasteiger partial charge in [0.1, 0.15) is 11.8 Å². The first-order valence-corrected chi connectivity index (χ1v) is 8.17. The van der Waals surface area contributed by atoms with Crippen molar-refractivity contribution in [2.24, 2.45) is 5.92 Å². The van der Waals surface area contributed by atoms with Crippen LogP contribution in [0, 0.1) is 5.92 Å². The first-order valence-electron chi connectivity index (χ1n) is 8.17. The minimum atomic E-state index is -1.08. The van der Waals surface area contributed by atoms with E-state index in [0.29, 0.717) is 6.42 Å². The Kier molecular flexibility index (Phi) is 7.91. The molecule has 1 rings (SSSR count). The third-order valence-electron chi connectivity index (χ3n) is 3.96. The van der Waals surface area contributed by atoms with Gasteiger partial charge < -0.3 is 20.1 Å². The summed E-state index contributed by atoms with van der Waals surface area (Å²) in [7, 11) is 1.58. The summed E-state index contributed by atoms with van der Waals surface area (Å²) in [6, 6.07) is 6.44. The molecule has 0 aliphatic heterocycles. The number of aliphatic carboxylic acids is 1. The van der Waals surface area contributed by atoms with Crippen LogP contribution < -0.4 is 10.1 Å². The fourth-order valence-electron chi connectivity index (χ4n) is 2.47. The molecule has 7 nitrogen and oxygen atoms in total. The standard InChI is InChI=1S/C18H26N2O5/c1-12(11-15-5-7-16(25-4)8-6-15)17(22)20(13(2)18(23)24)10-9-19-14(3)21/h5-8,12-13H,9-11H2,1-4H3,(H,19,21)(H,23,24). The zero-order valence-corrected chi connectivity index (χ0v) is 15.1. The fourth-order valence-corrected chi connectivity index (χ4v) is 2.47. The summed E-state index contributed by atoms with van der Waals surface area (Å²) < 4.78 is 5.11.